The molecule has 1 fully saturated rings. The second-order valence-electron chi connectivity index (χ2n) is 5.06. The first-order valence-corrected chi connectivity index (χ1v) is 6.56. The van der Waals surface area contributed by atoms with Crippen LogP contribution < -0.4 is 5.32 Å². The molecule has 1 N–H and O–H groups in total. The molecule has 1 aliphatic heterocycles. The molecule has 0 spiro atoms. The Bertz CT molecular complexity index is 614. The summed E-state index contributed by atoms with van der Waals surface area (Å²) in [7, 11) is 1.86. The van der Waals surface area contributed by atoms with Crippen LogP contribution in [0.25, 0.3) is 0 Å². The van der Waals surface area contributed by atoms with Gasteiger partial charge in [0.1, 0.15) is 11.5 Å². The molecule has 20 heavy (non-hydrogen) atoms. The minimum Gasteiger partial charge on any atom is -0.379 e. The molecule has 0 saturated carbocycles. The van der Waals surface area contributed by atoms with Gasteiger partial charge in [0.2, 0.25) is 0 Å². The highest BCUT2D eigenvalue weighted by molar-refractivity contribution is 5.93. The van der Waals surface area contributed by atoms with E-state index in [1.54, 1.807) is 17.0 Å². The fraction of sp³-hybridized carbons (Fsp3) is 0.267. The molecule has 1 amide bonds. The molecule has 4 nitrogen and oxygen atoms in total. The van der Waals surface area contributed by atoms with Gasteiger partial charge in [-0.3, -0.25) is 4.79 Å². The zero-order valence-electron chi connectivity index (χ0n) is 11.2. The van der Waals surface area contributed by atoms with Crippen LogP contribution in [0.3, 0.4) is 0 Å². The third-order valence-corrected chi connectivity index (χ3v) is 3.55. The number of amides is 1. The fourth-order valence-electron chi connectivity index (χ4n) is 2.36. The molecule has 104 valence electrons. The maximum atomic E-state index is 12.8. The number of nitrogens with one attached hydrogen (secondary N) is 1. The Labute approximate surface area is 116 Å². The molecule has 5 heteroatoms. The van der Waals surface area contributed by atoms with Crippen LogP contribution >= 0.6 is 0 Å². The Morgan fingerprint density at radius 2 is 1.95 bits per heavy atom. The number of aromatic nitrogens is 1. The van der Waals surface area contributed by atoms with Gasteiger partial charge in [0.25, 0.3) is 5.91 Å². The zero-order valence-corrected chi connectivity index (χ0v) is 11.2. The van der Waals surface area contributed by atoms with Crippen LogP contribution in [0, 0.1) is 5.82 Å². The van der Waals surface area contributed by atoms with Crippen molar-refractivity contribution in [2.45, 2.75) is 6.04 Å². The van der Waals surface area contributed by atoms with Gasteiger partial charge < -0.3 is 14.8 Å². The summed E-state index contributed by atoms with van der Waals surface area (Å²) in [6.07, 6.45) is 1.86. The van der Waals surface area contributed by atoms with Crippen LogP contribution in [-0.2, 0) is 7.05 Å². The molecule has 0 bridgehead atoms. The summed E-state index contributed by atoms with van der Waals surface area (Å²) in [6, 6.07) is 10.2. The molecular formula is C15H16FN3O. The van der Waals surface area contributed by atoms with Crippen LogP contribution in [0.4, 0.5) is 10.1 Å². The van der Waals surface area contributed by atoms with Crippen molar-refractivity contribution in [3.63, 3.8) is 0 Å². The fourth-order valence-corrected chi connectivity index (χ4v) is 2.36. The van der Waals surface area contributed by atoms with Crippen LogP contribution in [0.1, 0.15) is 10.5 Å². The van der Waals surface area contributed by atoms with Crippen molar-refractivity contribution in [1.29, 1.82) is 0 Å². The first-order valence-electron chi connectivity index (χ1n) is 6.56. The standard InChI is InChI=1S/C15H16FN3O/c1-18-8-2-3-14(18)15(20)19-9-13(10-19)17-12-6-4-11(16)5-7-12/h2-8,13,17H,9-10H2,1H3. The number of anilines is 1. The SMILES string of the molecule is Cn1cccc1C(=O)N1CC(Nc2ccc(F)cc2)C1. The van der Waals surface area contributed by atoms with Crippen LogP contribution in [0.5, 0.6) is 0 Å². The van der Waals surface area contributed by atoms with Crippen molar-refractivity contribution in [2.75, 3.05) is 18.4 Å². The van der Waals surface area contributed by atoms with E-state index < -0.39 is 0 Å². The summed E-state index contributed by atoms with van der Waals surface area (Å²) in [5.41, 5.74) is 1.58. The topological polar surface area (TPSA) is 37.3 Å². The average Bonchev–Trinajstić information content (AvgIpc) is 2.81. The lowest BCUT2D eigenvalue weighted by molar-refractivity contribution is 0.0615. The van der Waals surface area contributed by atoms with E-state index >= 15 is 0 Å². The predicted molar refractivity (Wildman–Crippen MR) is 75.1 cm³/mol. The largest absolute Gasteiger partial charge is 0.379 e. The number of hydrogen-bond donors (Lipinski definition) is 1. The van der Waals surface area contributed by atoms with Gasteiger partial charge in [0.15, 0.2) is 0 Å². The lowest BCUT2D eigenvalue weighted by atomic mass is 10.1. The smallest absolute Gasteiger partial charge is 0.270 e. The Morgan fingerprint density at radius 3 is 2.55 bits per heavy atom. The summed E-state index contributed by atoms with van der Waals surface area (Å²) in [4.78, 5) is 14.0. The summed E-state index contributed by atoms with van der Waals surface area (Å²) in [5, 5.41) is 3.28. The van der Waals surface area contributed by atoms with Crippen LogP contribution in [0.2, 0.25) is 0 Å². The van der Waals surface area contributed by atoms with Crippen molar-refractivity contribution < 1.29 is 9.18 Å². The second-order valence-corrected chi connectivity index (χ2v) is 5.06. The molecule has 3 rings (SSSR count). The van der Waals surface area contributed by atoms with Crippen LogP contribution in [-0.4, -0.2) is 34.5 Å². The number of carbonyl (C=O) groups is 1. The summed E-state index contributed by atoms with van der Waals surface area (Å²) < 4.78 is 14.6. The molecule has 1 aromatic carbocycles. The number of likely N-dealkylation sites (tertiary alicyclic amines) is 1. The number of aryl methyl sites for hydroxylation is 1. The van der Waals surface area contributed by atoms with E-state index in [2.05, 4.69) is 5.32 Å². The Hall–Kier alpha value is -2.30. The maximum absolute atomic E-state index is 12.8. The number of hydrogen-bond acceptors (Lipinski definition) is 2. The number of nitrogens with zero attached hydrogens (tertiary/aromatic N) is 2. The average molecular weight is 273 g/mol. The molecule has 1 saturated heterocycles. The lowest BCUT2D eigenvalue weighted by Crippen LogP contribution is -2.57. The van der Waals surface area contributed by atoms with Crippen molar-refractivity contribution in [1.82, 2.24) is 9.47 Å². The summed E-state index contributed by atoms with van der Waals surface area (Å²) in [5.74, 6) is -0.195. The summed E-state index contributed by atoms with van der Waals surface area (Å²) in [6.45, 7) is 1.34. The molecule has 2 aromatic rings. The van der Waals surface area contributed by atoms with Crippen molar-refractivity contribution in [2.24, 2.45) is 7.05 Å². The number of carbonyl (C=O) groups excluding carboxylic acids is 1. The molecule has 2 heterocycles. The summed E-state index contributed by atoms with van der Waals surface area (Å²) >= 11 is 0. The van der Waals surface area contributed by atoms with E-state index in [1.807, 2.05) is 29.9 Å². The minimum absolute atomic E-state index is 0.0506. The van der Waals surface area contributed by atoms with E-state index in [1.165, 1.54) is 12.1 Å². The normalized spacial score (nSPS) is 15.0. The van der Waals surface area contributed by atoms with Crippen LogP contribution in [0.15, 0.2) is 42.6 Å². The van der Waals surface area contributed by atoms with Gasteiger partial charge in [0.05, 0.1) is 6.04 Å². The Balaban J connectivity index is 1.55. The van der Waals surface area contributed by atoms with Crippen molar-refractivity contribution in [3.8, 4) is 0 Å². The highest BCUT2D eigenvalue weighted by Gasteiger charge is 2.31. The van der Waals surface area contributed by atoms with Gasteiger partial charge in [-0.15, -0.1) is 0 Å². The third-order valence-electron chi connectivity index (χ3n) is 3.55. The monoisotopic (exact) mass is 273 g/mol. The van der Waals surface area contributed by atoms with Gasteiger partial charge in [-0.1, -0.05) is 0 Å². The molecule has 0 radical (unpaired) electrons. The first kappa shape index (κ1) is 12.7. The number of rotatable bonds is 3. The van der Waals surface area contributed by atoms with E-state index in [0.717, 1.165) is 5.69 Å². The van der Waals surface area contributed by atoms with Crippen molar-refractivity contribution >= 4 is 11.6 Å². The second kappa shape index (κ2) is 5.00. The molecular weight excluding hydrogens is 257 g/mol. The molecule has 0 atom stereocenters. The van der Waals surface area contributed by atoms with Gasteiger partial charge in [-0.25, -0.2) is 4.39 Å². The predicted octanol–water partition coefficient (Wildman–Crippen LogP) is 2.10. The minimum atomic E-state index is -0.246. The quantitative estimate of drug-likeness (QED) is 0.930. The highest BCUT2D eigenvalue weighted by atomic mass is 19.1. The van der Waals surface area contributed by atoms with E-state index in [9.17, 15) is 9.18 Å². The lowest BCUT2D eigenvalue weighted by Gasteiger charge is -2.40. The van der Waals surface area contributed by atoms with Gasteiger partial charge in [0, 0.05) is 32.0 Å². The Morgan fingerprint density at radius 1 is 1.25 bits per heavy atom. The van der Waals surface area contributed by atoms with E-state index in [0.29, 0.717) is 18.8 Å². The maximum Gasteiger partial charge on any atom is 0.270 e. The third kappa shape index (κ3) is 2.39. The van der Waals surface area contributed by atoms with E-state index in [-0.39, 0.29) is 17.8 Å². The molecule has 1 aromatic heterocycles. The van der Waals surface area contributed by atoms with Gasteiger partial charge in [-0.05, 0) is 36.4 Å². The van der Waals surface area contributed by atoms with Gasteiger partial charge >= 0.3 is 0 Å². The molecule has 0 unspecified atom stereocenters. The Kier molecular flexibility index (Phi) is 3.18. The first-order chi connectivity index (χ1) is 9.63. The van der Waals surface area contributed by atoms with Crippen molar-refractivity contribution in [3.05, 3.63) is 54.1 Å². The number of benzene rings is 1. The molecule has 1 aliphatic rings. The van der Waals surface area contributed by atoms with E-state index in [4.69, 9.17) is 0 Å². The highest BCUT2D eigenvalue weighted by Crippen LogP contribution is 2.18. The van der Waals surface area contributed by atoms with Gasteiger partial charge in [-0.2, -0.15) is 0 Å². The molecule has 0 aliphatic carbocycles. The zero-order chi connectivity index (χ0) is 14.1. The number of halogens is 1.